The number of benzene rings is 1. The van der Waals surface area contributed by atoms with E-state index in [2.05, 4.69) is 5.32 Å². The number of nitrogens with one attached hydrogen (secondary N) is 1. The number of nitro benzene ring substituents is 2. The Morgan fingerprint density at radius 2 is 1.75 bits per heavy atom. The van der Waals surface area contributed by atoms with Gasteiger partial charge in [-0.25, -0.2) is 0 Å². The lowest BCUT2D eigenvalue weighted by Gasteiger charge is -2.37. The van der Waals surface area contributed by atoms with E-state index < -0.39 is 9.85 Å². The van der Waals surface area contributed by atoms with Crippen molar-refractivity contribution < 1.29 is 9.85 Å². The topological polar surface area (TPSA) is 102 Å². The predicted molar refractivity (Wildman–Crippen MR) is 74.0 cm³/mol. The molecule has 1 aromatic rings. The molecule has 1 N–H and O–H groups in total. The third-order valence-corrected chi connectivity index (χ3v) is 3.26. The zero-order chi connectivity index (χ0) is 14.9. The fourth-order valence-corrected chi connectivity index (χ4v) is 2.56. The van der Waals surface area contributed by atoms with Gasteiger partial charge >= 0.3 is 0 Å². The van der Waals surface area contributed by atoms with Gasteiger partial charge in [-0.1, -0.05) is 0 Å². The molecule has 20 heavy (non-hydrogen) atoms. The molecule has 0 amide bonds. The highest BCUT2D eigenvalue weighted by atomic mass is 16.6. The van der Waals surface area contributed by atoms with E-state index in [9.17, 15) is 20.2 Å². The Morgan fingerprint density at radius 3 is 2.25 bits per heavy atom. The van der Waals surface area contributed by atoms with Crippen LogP contribution in [0.1, 0.15) is 13.8 Å². The molecule has 1 aliphatic rings. The summed E-state index contributed by atoms with van der Waals surface area (Å²) in [6.07, 6.45) is 0. The maximum absolute atomic E-state index is 11.1. The second-order valence-corrected chi connectivity index (χ2v) is 5.06. The highest BCUT2D eigenvalue weighted by molar-refractivity contribution is 5.67. The normalized spacial score (nSPS) is 22.6. The Kier molecular flexibility index (Phi) is 3.84. The highest BCUT2D eigenvalue weighted by Gasteiger charge is 2.28. The van der Waals surface area contributed by atoms with Crippen molar-refractivity contribution in [2.24, 2.45) is 0 Å². The van der Waals surface area contributed by atoms with E-state index in [0.29, 0.717) is 18.8 Å². The molecule has 1 aliphatic heterocycles. The summed E-state index contributed by atoms with van der Waals surface area (Å²) in [4.78, 5) is 22.6. The van der Waals surface area contributed by atoms with E-state index >= 15 is 0 Å². The minimum absolute atomic E-state index is 0.202. The van der Waals surface area contributed by atoms with Crippen molar-refractivity contribution in [2.75, 3.05) is 18.0 Å². The summed E-state index contributed by atoms with van der Waals surface area (Å²) in [5, 5.41) is 25.2. The molecule has 0 unspecified atom stereocenters. The van der Waals surface area contributed by atoms with Gasteiger partial charge in [0.15, 0.2) is 0 Å². The number of hydrogen-bond donors (Lipinski definition) is 1. The molecule has 2 atom stereocenters. The zero-order valence-electron chi connectivity index (χ0n) is 11.3. The van der Waals surface area contributed by atoms with Gasteiger partial charge < -0.3 is 10.2 Å². The highest BCUT2D eigenvalue weighted by Crippen LogP contribution is 2.32. The van der Waals surface area contributed by atoms with E-state index in [1.165, 1.54) is 12.1 Å². The Morgan fingerprint density at radius 1 is 1.15 bits per heavy atom. The first-order valence-corrected chi connectivity index (χ1v) is 6.32. The fraction of sp³-hybridized carbons (Fsp3) is 0.500. The van der Waals surface area contributed by atoms with Crippen LogP contribution in [0.4, 0.5) is 17.1 Å². The van der Waals surface area contributed by atoms with Gasteiger partial charge in [0.2, 0.25) is 0 Å². The molecule has 1 aromatic carbocycles. The van der Waals surface area contributed by atoms with E-state index in [4.69, 9.17) is 0 Å². The summed E-state index contributed by atoms with van der Waals surface area (Å²) >= 11 is 0. The second-order valence-electron chi connectivity index (χ2n) is 5.06. The van der Waals surface area contributed by atoms with Gasteiger partial charge in [-0.05, 0) is 19.9 Å². The van der Waals surface area contributed by atoms with Crippen LogP contribution in [0, 0.1) is 20.2 Å². The van der Waals surface area contributed by atoms with Crippen LogP contribution in [0.2, 0.25) is 0 Å². The monoisotopic (exact) mass is 280 g/mol. The van der Waals surface area contributed by atoms with Crippen LogP contribution in [-0.2, 0) is 0 Å². The third kappa shape index (κ3) is 2.85. The molecule has 108 valence electrons. The molecule has 0 radical (unpaired) electrons. The Hall–Kier alpha value is -2.22. The van der Waals surface area contributed by atoms with Gasteiger partial charge in [-0.3, -0.25) is 20.2 Å². The molecule has 1 fully saturated rings. The maximum Gasteiger partial charge on any atom is 0.299 e. The Bertz CT molecular complexity index is 538. The predicted octanol–water partition coefficient (Wildman–Crippen LogP) is 1.69. The first-order valence-electron chi connectivity index (χ1n) is 6.32. The minimum atomic E-state index is -0.625. The number of nitro groups is 2. The van der Waals surface area contributed by atoms with Gasteiger partial charge in [-0.2, -0.15) is 0 Å². The lowest BCUT2D eigenvalue weighted by atomic mass is 10.1. The van der Waals surface area contributed by atoms with E-state index in [-0.39, 0.29) is 23.5 Å². The van der Waals surface area contributed by atoms with Crippen LogP contribution in [0.15, 0.2) is 18.2 Å². The number of non-ortho nitro benzene ring substituents is 1. The summed E-state index contributed by atoms with van der Waals surface area (Å²) < 4.78 is 0. The maximum atomic E-state index is 11.1. The number of hydrogen-bond acceptors (Lipinski definition) is 6. The lowest BCUT2D eigenvalue weighted by Crippen LogP contribution is -2.54. The van der Waals surface area contributed by atoms with Gasteiger partial charge in [0.05, 0.1) is 15.9 Å². The van der Waals surface area contributed by atoms with Crippen LogP contribution in [0.25, 0.3) is 0 Å². The molecular weight excluding hydrogens is 264 g/mol. The first-order chi connectivity index (χ1) is 9.38. The largest absolute Gasteiger partial charge is 0.363 e. The van der Waals surface area contributed by atoms with Crippen LogP contribution in [0.3, 0.4) is 0 Å². The quantitative estimate of drug-likeness (QED) is 0.667. The number of piperazine rings is 1. The Labute approximate surface area is 115 Å². The van der Waals surface area contributed by atoms with Crippen molar-refractivity contribution in [2.45, 2.75) is 25.9 Å². The van der Waals surface area contributed by atoms with Crippen molar-refractivity contribution in [3.05, 3.63) is 38.4 Å². The number of nitrogens with zero attached hydrogens (tertiary/aromatic N) is 3. The zero-order valence-corrected chi connectivity index (χ0v) is 11.3. The summed E-state index contributed by atoms with van der Waals surface area (Å²) in [5.41, 5.74) is -0.0574. The molecule has 8 nitrogen and oxygen atoms in total. The van der Waals surface area contributed by atoms with Crippen LogP contribution >= 0.6 is 0 Å². The molecule has 0 aromatic heterocycles. The summed E-state index contributed by atoms with van der Waals surface area (Å²) in [5.74, 6) is 0. The molecule has 0 bridgehead atoms. The van der Waals surface area contributed by atoms with E-state index in [1.54, 1.807) is 0 Å². The average molecular weight is 280 g/mol. The lowest BCUT2D eigenvalue weighted by molar-refractivity contribution is -0.393. The molecule has 2 rings (SSSR count). The number of rotatable bonds is 3. The van der Waals surface area contributed by atoms with Crippen LogP contribution in [-0.4, -0.2) is 35.0 Å². The molecule has 0 aliphatic carbocycles. The van der Waals surface area contributed by atoms with Crippen molar-refractivity contribution in [3.8, 4) is 0 Å². The smallest absolute Gasteiger partial charge is 0.299 e. The van der Waals surface area contributed by atoms with Gasteiger partial charge in [0.25, 0.3) is 11.4 Å². The van der Waals surface area contributed by atoms with Gasteiger partial charge in [-0.15, -0.1) is 0 Å². The van der Waals surface area contributed by atoms with Crippen molar-refractivity contribution in [1.29, 1.82) is 0 Å². The minimum Gasteiger partial charge on any atom is -0.363 e. The molecule has 1 saturated heterocycles. The summed E-state index contributed by atoms with van der Waals surface area (Å²) in [6.45, 7) is 5.26. The Balaban J connectivity index is 2.40. The first kappa shape index (κ1) is 14.2. The fourth-order valence-electron chi connectivity index (χ4n) is 2.56. The van der Waals surface area contributed by atoms with E-state index in [0.717, 1.165) is 6.07 Å². The van der Waals surface area contributed by atoms with Gasteiger partial charge in [0, 0.05) is 31.2 Å². The van der Waals surface area contributed by atoms with Crippen molar-refractivity contribution in [1.82, 2.24) is 5.32 Å². The summed E-state index contributed by atoms with van der Waals surface area (Å²) in [7, 11) is 0. The molecule has 0 spiro atoms. The van der Waals surface area contributed by atoms with Crippen molar-refractivity contribution in [3.63, 3.8) is 0 Å². The molecular formula is C12H16N4O4. The summed E-state index contributed by atoms with van der Waals surface area (Å²) in [6, 6.07) is 4.19. The van der Waals surface area contributed by atoms with Crippen LogP contribution < -0.4 is 10.2 Å². The van der Waals surface area contributed by atoms with Gasteiger partial charge in [0.1, 0.15) is 5.69 Å². The standard InChI is InChI=1S/C12H16N4O4/c1-8-6-14(7-9(2)13-8)11-4-3-10(15(17)18)5-12(11)16(19)20/h3-5,8-9,13H,6-7H2,1-2H3/t8-,9-/m0/s1. The second kappa shape index (κ2) is 5.41. The number of anilines is 1. The van der Waals surface area contributed by atoms with Crippen molar-refractivity contribution >= 4 is 17.1 Å². The van der Waals surface area contributed by atoms with E-state index in [1.807, 2.05) is 18.7 Å². The molecule has 1 heterocycles. The van der Waals surface area contributed by atoms with Crippen LogP contribution in [0.5, 0.6) is 0 Å². The average Bonchev–Trinajstić information content (AvgIpc) is 2.36. The third-order valence-electron chi connectivity index (χ3n) is 3.26. The molecule has 0 saturated carbocycles. The molecule has 8 heteroatoms. The SMILES string of the molecule is C[C@H]1CN(c2ccc([N+](=O)[O-])cc2[N+](=O)[O-])C[C@H](C)N1.